The van der Waals surface area contributed by atoms with Crippen LogP contribution in [0, 0.1) is 0 Å². The molecule has 2 N–H and O–H groups in total. The third-order valence-electron chi connectivity index (χ3n) is 3.30. The largest absolute Gasteiger partial charge is 0.496 e. The minimum atomic E-state index is 0.323. The maximum Gasteiger partial charge on any atom is 0.123 e. The van der Waals surface area contributed by atoms with E-state index >= 15 is 0 Å². The van der Waals surface area contributed by atoms with Crippen molar-refractivity contribution < 1.29 is 9.47 Å². The Bertz CT molecular complexity index is 395. The summed E-state index contributed by atoms with van der Waals surface area (Å²) in [4.78, 5) is 2.41. The number of ether oxygens (including phenoxy) is 2. The fourth-order valence-electron chi connectivity index (χ4n) is 2.35. The number of nitrogens with two attached hydrogens (primary N) is 1. The van der Waals surface area contributed by atoms with Gasteiger partial charge in [0.1, 0.15) is 5.75 Å². The van der Waals surface area contributed by atoms with E-state index in [1.165, 1.54) is 5.56 Å². The Labute approximate surface area is 109 Å². The first kappa shape index (κ1) is 13.3. The van der Waals surface area contributed by atoms with E-state index in [2.05, 4.69) is 30.0 Å². The number of rotatable bonds is 4. The molecule has 1 fully saturated rings. The van der Waals surface area contributed by atoms with Gasteiger partial charge in [0, 0.05) is 31.7 Å². The van der Waals surface area contributed by atoms with Gasteiger partial charge in [0.2, 0.25) is 0 Å². The van der Waals surface area contributed by atoms with Crippen LogP contribution in [-0.2, 0) is 17.8 Å². The molecule has 1 unspecified atom stereocenters. The van der Waals surface area contributed by atoms with E-state index in [1.54, 1.807) is 7.11 Å². The lowest BCUT2D eigenvalue weighted by atomic mass is 10.1. The second-order valence-electron chi connectivity index (χ2n) is 4.77. The third-order valence-corrected chi connectivity index (χ3v) is 3.30. The summed E-state index contributed by atoms with van der Waals surface area (Å²) in [5.74, 6) is 0.885. The number of hydrogen-bond donors (Lipinski definition) is 1. The van der Waals surface area contributed by atoms with Gasteiger partial charge in [0.05, 0.1) is 19.8 Å². The molecular weight excluding hydrogens is 228 g/mol. The molecule has 100 valence electrons. The van der Waals surface area contributed by atoms with Crippen molar-refractivity contribution in [2.45, 2.75) is 26.1 Å². The summed E-state index contributed by atoms with van der Waals surface area (Å²) in [7, 11) is 1.69. The quantitative estimate of drug-likeness (QED) is 0.877. The van der Waals surface area contributed by atoms with E-state index in [0.29, 0.717) is 12.6 Å². The van der Waals surface area contributed by atoms with Crippen molar-refractivity contribution in [3.05, 3.63) is 29.3 Å². The van der Waals surface area contributed by atoms with Gasteiger partial charge in [0.25, 0.3) is 0 Å². The van der Waals surface area contributed by atoms with Crippen LogP contribution in [0.15, 0.2) is 18.2 Å². The van der Waals surface area contributed by atoms with Crippen LogP contribution >= 0.6 is 0 Å². The van der Waals surface area contributed by atoms with E-state index in [4.69, 9.17) is 15.2 Å². The molecule has 0 saturated carbocycles. The van der Waals surface area contributed by atoms with Crippen molar-refractivity contribution in [1.82, 2.24) is 4.90 Å². The van der Waals surface area contributed by atoms with Crippen LogP contribution in [0.1, 0.15) is 18.1 Å². The number of benzene rings is 1. The fraction of sp³-hybridized carbons (Fsp3) is 0.571. The molecule has 0 bridgehead atoms. The van der Waals surface area contributed by atoms with Crippen LogP contribution in [0.2, 0.25) is 0 Å². The smallest absolute Gasteiger partial charge is 0.123 e. The number of hydrogen-bond acceptors (Lipinski definition) is 4. The van der Waals surface area contributed by atoms with E-state index in [-0.39, 0.29) is 0 Å². The molecular formula is C14H22N2O2. The molecule has 1 aliphatic heterocycles. The minimum Gasteiger partial charge on any atom is -0.496 e. The van der Waals surface area contributed by atoms with Crippen molar-refractivity contribution in [3.63, 3.8) is 0 Å². The highest BCUT2D eigenvalue weighted by atomic mass is 16.5. The Morgan fingerprint density at radius 2 is 2.33 bits per heavy atom. The van der Waals surface area contributed by atoms with Gasteiger partial charge in [-0.05, 0) is 18.6 Å². The zero-order valence-corrected chi connectivity index (χ0v) is 11.2. The minimum absolute atomic E-state index is 0.323. The zero-order valence-electron chi connectivity index (χ0n) is 11.2. The van der Waals surface area contributed by atoms with Crippen LogP contribution in [0.25, 0.3) is 0 Å². The highest BCUT2D eigenvalue weighted by molar-refractivity contribution is 5.37. The predicted molar refractivity (Wildman–Crippen MR) is 71.6 cm³/mol. The molecule has 1 saturated heterocycles. The van der Waals surface area contributed by atoms with Gasteiger partial charge in [-0.15, -0.1) is 0 Å². The van der Waals surface area contributed by atoms with Gasteiger partial charge in [-0.2, -0.15) is 0 Å². The van der Waals surface area contributed by atoms with Crippen molar-refractivity contribution in [2.24, 2.45) is 5.73 Å². The lowest BCUT2D eigenvalue weighted by Gasteiger charge is -2.31. The Balaban J connectivity index is 2.04. The zero-order chi connectivity index (χ0) is 13.0. The molecule has 18 heavy (non-hydrogen) atoms. The van der Waals surface area contributed by atoms with Gasteiger partial charge < -0.3 is 15.2 Å². The first-order valence-electron chi connectivity index (χ1n) is 6.42. The second-order valence-corrected chi connectivity index (χ2v) is 4.77. The summed E-state index contributed by atoms with van der Waals surface area (Å²) in [5.41, 5.74) is 7.99. The maximum absolute atomic E-state index is 5.67. The summed E-state index contributed by atoms with van der Waals surface area (Å²) in [5, 5.41) is 0. The normalized spacial score (nSPS) is 20.9. The average Bonchev–Trinajstić information content (AvgIpc) is 2.38. The average molecular weight is 250 g/mol. The molecule has 0 aromatic heterocycles. The monoisotopic (exact) mass is 250 g/mol. The van der Waals surface area contributed by atoms with Gasteiger partial charge >= 0.3 is 0 Å². The molecule has 1 aromatic carbocycles. The summed E-state index contributed by atoms with van der Waals surface area (Å²) < 4.78 is 10.9. The topological polar surface area (TPSA) is 47.7 Å². The fourth-order valence-corrected chi connectivity index (χ4v) is 2.35. The Kier molecular flexibility index (Phi) is 4.58. The number of nitrogens with zero attached hydrogens (tertiary/aromatic N) is 1. The maximum atomic E-state index is 5.67. The molecule has 1 atom stereocenters. The Morgan fingerprint density at radius 1 is 1.50 bits per heavy atom. The molecule has 0 amide bonds. The third kappa shape index (κ3) is 3.22. The highest BCUT2D eigenvalue weighted by Gasteiger charge is 2.17. The first-order chi connectivity index (χ1) is 8.72. The van der Waals surface area contributed by atoms with Gasteiger partial charge in [0.15, 0.2) is 0 Å². The van der Waals surface area contributed by atoms with Gasteiger partial charge in [-0.3, -0.25) is 4.90 Å². The molecule has 0 aliphatic carbocycles. The summed E-state index contributed by atoms with van der Waals surface area (Å²) in [6.07, 6.45) is 0.323. The SMILES string of the molecule is COc1cc(CN2CCOC(C)C2)ccc1CN. The molecule has 1 aromatic rings. The van der Waals surface area contributed by atoms with Crippen molar-refractivity contribution in [1.29, 1.82) is 0 Å². The van der Waals surface area contributed by atoms with Gasteiger partial charge in [-0.1, -0.05) is 12.1 Å². The lowest BCUT2D eigenvalue weighted by Crippen LogP contribution is -2.40. The van der Waals surface area contributed by atoms with Crippen LogP contribution in [0.3, 0.4) is 0 Å². The van der Waals surface area contributed by atoms with Crippen LogP contribution in [0.5, 0.6) is 5.75 Å². The van der Waals surface area contributed by atoms with Crippen molar-refractivity contribution in [3.8, 4) is 5.75 Å². The molecule has 2 rings (SSSR count). The highest BCUT2D eigenvalue weighted by Crippen LogP contribution is 2.21. The van der Waals surface area contributed by atoms with E-state index in [1.807, 2.05) is 0 Å². The van der Waals surface area contributed by atoms with E-state index < -0.39 is 0 Å². The van der Waals surface area contributed by atoms with Crippen LogP contribution < -0.4 is 10.5 Å². The molecule has 1 aliphatic rings. The molecule has 1 heterocycles. The summed E-state index contributed by atoms with van der Waals surface area (Å²) in [6, 6.07) is 6.27. The lowest BCUT2D eigenvalue weighted by molar-refractivity contribution is -0.0212. The van der Waals surface area contributed by atoms with Gasteiger partial charge in [-0.25, -0.2) is 0 Å². The first-order valence-corrected chi connectivity index (χ1v) is 6.42. The standard InChI is InChI=1S/C14H22N2O2/c1-11-9-16(5-6-18-11)10-12-3-4-13(8-15)14(7-12)17-2/h3-4,7,11H,5-6,8-10,15H2,1-2H3. The van der Waals surface area contributed by atoms with E-state index in [9.17, 15) is 0 Å². The van der Waals surface area contributed by atoms with Crippen LogP contribution in [0.4, 0.5) is 0 Å². The predicted octanol–water partition coefficient (Wildman–Crippen LogP) is 1.37. The van der Waals surface area contributed by atoms with Crippen LogP contribution in [-0.4, -0.2) is 37.8 Å². The molecule has 0 spiro atoms. The van der Waals surface area contributed by atoms with Crippen molar-refractivity contribution >= 4 is 0 Å². The van der Waals surface area contributed by atoms with Crippen molar-refractivity contribution in [2.75, 3.05) is 26.8 Å². The van der Waals surface area contributed by atoms with E-state index in [0.717, 1.165) is 37.6 Å². The summed E-state index contributed by atoms with van der Waals surface area (Å²) in [6.45, 7) is 6.36. The molecule has 4 nitrogen and oxygen atoms in total. The molecule has 4 heteroatoms. The molecule has 0 radical (unpaired) electrons. The number of morpholine rings is 1. The second kappa shape index (κ2) is 6.18. The summed E-state index contributed by atoms with van der Waals surface area (Å²) >= 11 is 0. The Hall–Kier alpha value is -1.10. The number of methoxy groups -OCH3 is 1. The Morgan fingerprint density at radius 3 is 3.00 bits per heavy atom.